The highest BCUT2D eigenvalue weighted by Gasteiger charge is 2.42. The summed E-state index contributed by atoms with van der Waals surface area (Å²) in [5.74, 6) is -0.0946. The van der Waals surface area contributed by atoms with Crippen LogP contribution in [-0.4, -0.2) is 28.0 Å². The molecule has 1 aromatic carbocycles. The number of aryl methyl sites for hydroxylation is 1. The predicted octanol–water partition coefficient (Wildman–Crippen LogP) is 3.12. The van der Waals surface area contributed by atoms with Crippen molar-refractivity contribution in [1.82, 2.24) is 9.55 Å². The number of thiol groups is 1. The van der Waals surface area contributed by atoms with Gasteiger partial charge in [-0.15, -0.1) is 0 Å². The number of halogens is 1. The van der Waals surface area contributed by atoms with E-state index in [1.165, 1.54) is 0 Å². The van der Waals surface area contributed by atoms with Crippen LogP contribution in [0.25, 0.3) is 0 Å². The molecule has 112 valence electrons. The molecule has 3 rings (SSSR count). The van der Waals surface area contributed by atoms with Crippen molar-refractivity contribution in [2.75, 3.05) is 12.4 Å². The van der Waals surface area contributed by atoms with E-state index in [2.05, 4.69) is 17.6 Å². The zero-order valence-electron chi connectivity index (χ0n) is 11.5. The smallest absolute Gasteiger partial charge is 0.197 e. The standard InChI is InChI=1S/C15H17ClN2O2S/c16-13-3-1-12(2-4-13)15(19-9-14(10-21)20-15)5-7-18-8-6-17-11-18/h1-4,6,8,11,14,21H,5,7,9-10H2/t14-,15-/m1/s1. The number of rotatable bonds is 5. The van der Waals surface area contributed by atoms with Crippen molar-refractivity contribution in [1.29, 1.82) is 0 Å². The van der Waals surface area contributed by atoms with Crippen molar-refractivity contribution in [2.45, 2.75) is 24.9 Å². The average Bonchev–Trinajstić information content (AvgIpc) is 3.16. The number of benzene rings is 1. The maximum atomic E-state index is 6.15. The Morgan fingerprint density at radius 2 is 2.19 bits per heavy atom. The van der Waals surface area contributed by atoms with E-state index in [1.54, 1.807) is 12.5 Å². The summed E-state index contributed by atoms with van der Waals surface area (Å²) in [4.78, 5) is 4.06. The Kier molecular flexibility index (Phi) is 4.54. The molecular weight excluding hydrogens is 308 g/mol. The minimum atomic E-state index is -0.734. The monoisotopic (exact) mass is 324 g/mol. The van der Waals surface area contributed by atoms with Crippen molar-refractivity contribution in [3.63, 3.8) is 0 Å². The van der Waals surface area contributed by atoms with Crippen LogP contribution in [0.3, 0.4) is 0 Å². The minimum Gasteiger partial charge on any atom is -0.343 e. The first kappa shape index (κ1) is 14.9. The Hall–Kier alpha value is -1.01. The van der Waals surface area contributed by atoms with E-state index in [1.807, 2.05) is 35.0 Å². The molecule has 1 saturated heterocycles. The zero-order chi connectivity index (χ0) is 14.7. The molecule has 2 heterocycles. The first-order valence-electron chi connectivity index (χ1n) is 6.86. The Morgan fingerprint density at radius 1 is 1.38 bits per heavy atom. The van der Waals surface area contributed by atoms with Crippen LogP contribution in [0.2, 0.25) is 5.02 Å². The molecule has 0 radical (unpaired) electrons. The summed E-state index contributed by atoms with van der Waals surface area (Å²) < 4.78 is 14.2. The van der Waals surface area contributed by atoms with Crippen molar-refractivity contribution >= 4 is 24.2 Å². The zero-order valence-corrected chi connectivity index (χ0v) is 13.1. The summed E-state index contributed by atoms with van der Waals surface area (Å²) in [6, 6.07) is 7.63. The molecule has 0 amide bonds. The van der Waals surface area contributed by atoms with Crippen molar-refractivity contribution < 1.29 is 9.47 Å². The normalized spacial score (nSPS) is 25.3. The number of hydrogen-bond acceptors (Lipinski definition) is 4. The maximum absolute atomic E-state index is 6.15. The molecule has 0 aliphatic carbocycles. The van der Waals surface area contributed by atoms with E-state index < -0.39 is 5.79 Å². The largest absolute Gasteiger partial charge is 0.343 e. The molecular formula is C15H17ClN2O2S. The van der Waals surface area contributed by atoms with Crippen molar-refractivity contribution in [2.24, 2.45) is 0 Å². The second-order valence-electron chi connectivity index (χ2n) is 5.04. The second kappa shape index (κ2) is 6.40. The summed E-state index contributed by atoms with van der Waals surface area (Å²) in [5.41, 5.74) is 0.983. The molecule has 2 aromatic rings. The Bertz CT molecular complexity index is 576. The van der Waals surface area contributed by atoms with Gasteiger partial charge < -0.3 is 14.0 Å². The summed E-state index contributed by atoms with van der Waals surface area (Å²) in [5, 5.41) is 0.701. The minimum absolute atomic E-state index is 0.00630. The molecule has 0 saturated carbocycles. The molecule has 0 spiro atoms. The fourth-order valence-electron chi connectivity index (χ4n) is 2.48. The number of imidazole rings is 1. The van der Waals surface area contributed by atoms with Crippen LogP contribution in [0.5, 0.6) is 0 Å². The quantitative estimate of drug-likeness (QED) is 0.858. The van der Waals surface area contributed by atoms with Gasteiger partial charge in [0, 0.05) is 41.7 Å². The number of ether oxygens (including phenoxy) is 2. The van der Waals surface area contributed by atoms with Crippen LogP contribution < -0.4 is 0 Å². The Labute approximate surface area is 134 Å². The third kappa shape index (κ3) is 3.26. The molecule has 1 aliphatic rings. The molecule has 1 fully saturated rings. The molecule has 6 heteroatoms. The van der Waals surface area contributed by atoms with Crippen LogP contribution in [0, 0.1) is 0 Å². The van der Waals surface area contributed by atoms with Gasteiger partial charge in [0.15, 0.2) is 5.79 Å². The van der Waals surface area contributed by atoms with E-state index in [0.29, 0.717) is 23.8 Å². The van der Waals surface area contributed by atoms with Gasteiger partial charge in [0.05, 0.1) is 19.0 Å². The van der Waals surface area contributed by atoms with Gasteiger partial charge in [-0.1, -0.05) is 23.7 Å². The van der Waals surface area contributed by atoms with Crippen LogP contribution in [0.1, 0.15) is 12.0 Å². The van der Waals surface area contributed by atoms with E-state index in [0.717, 1.165) is 12.1 Å². The van der Waals surface area contributed by atoms with Gasteiger partial charge in [-0.3, -0.25) is 0 Å². The van der Waals surface area contributed by atoms with Gasteiger partial charge in [0.2, 0.25) is 0 Å². The van der Waals surface area contributed by atoms with Gasteiger partial charge in [0.25, 0.3) is 0 Å². The van der Waals surface area contributed by atoms with Crippen LogP contribution >= 0.6 is 24.2 Å². The maximum Gasteiger partial charge on any atom is 0.197 e. The van der Waals surface area contributed by atoms with Gasteiger partial charge in [-0.05, 0) is 12.1 Å². The molecule has 0 N–H and O–H groups in total. The SMILES string of the molecule is SC[C@H]1CO[C@@](CCn2ccnc2)(c2ccc(Cl)cc2)O1. The fourth-order valence-corrected chi connectivity index (χ4v) is 2.79. The van der Waals surface area contributed by atoms with Gasteiger partial charge >= 0.3 is 0 Å². The lowest BCUT2D eigenvalue weighted by Crippen LogP contribution is -2.30. The molecule has 1 aliphatic heterocycles. The number of hydrogen-bond donors (Lipinski definition) is 1. The average molecular weight is 325 g/mol. The molecule has 0 unspecified atom stereocenters. The van der Waals surface area contributed by atoms with E-state index >= 15 is 0 Å². The molecule has 1 aromatic heterocycles. The predicted molar refractivity (Wildman–Crippen MR) is 84.7 cm³/mol. The Balaban J connectivity index is 1.82. The summed E-state index contributed by atoms with van der Waals surface area (Å²) in [6.07, 6.45) is 6.20. The third-order valence-electron chi connectivity index (χ3n) is 3.61. The van der Waals surface area contributed by atoms with Crippen molar-refractivity contribution in [3.8, 4) is 0 Å². The van der Waals surface area contributed by atoms with Crippen LogP contribution in [0.4, 0.5) is 0 Å². The van der Waals surface area contributed by atoms with Gasteiger partial charge in [0.1, 0.15) is 0 Å². The van der Waals surface area contributed by atoms with E-state index in [9.17, 15) is 0 Å². The first-order valence-corrected chi connectivity index (χ1v) is 7.87. The Morgan fingerprint density at radius 3 is 2.81 bits per heavy atom. The lowest BCUT2D eigenvalue weighted by molar-refractivity contribution is -0.181. The van der Waals surface area contributed by atoms with E-state index in [4.69, 9.17) is 21.1 Å². The van der Waals surface area contributed by atoms with Gasteiger partial charge in [-0.2, -0.15) is 12.6 Å². The molecule has 0 bridgehead atoms. The highest BCUT2D eigenvalue weighted by molar-refractivity contribution is 7.80. The summed E-state index contributed by atoms with van der Waals surface area (Å²) in [7, 11) is 0. The molecule has 4 nitrogen and oxygen atoms in total. The highest BCUT2D eigenvalue weighted by Crippen LogP contribution is 2.38. The molecule has 2 atom stereocenters. The van der Waals surface area contributed by atoms with E-state index in [-0.39, 0.29) is 6.10 Å². The van der Waals surface area contributed by atoms with Crippen molar-refractivity contribution in [3.05, 3.63) is 53.6 Å². The molecule has 21 heavy (non-hydrogen) atoms. The van der Waals surface area contributed by atoms with Gasteiger partial charge in [-0.25, -0.2) is 4.98 Å². The first-order chi connectivity index (χ1) is 10.2. The lowest BCUT2D eigenvalue weighted by Gasteiger charge is -2.29. The number of aromatic nitrogens is 2. The van der Waals surface area contributed by atoms with Crippen LogP contribution in [-0.2, 0) is 21.8 Å². The highest BCUT2D eigenvalue weighted by atomic mass is 35.5. The second-order valence-corrected chi connectivity index (χ2v) is 5.85. The lowest BCUT2D eigenvalue weighted by atomic mass is 10.0. The topological polar surface area (TPSA) is 36.3 Å². The number of nitrogens with zero attached hydrogens (tertiary/aromatic N) is 2. The third-order valence-corrected chi connectivity index (χ3v) is 4.26. The fraction of sp³-hybridized carbons (Fsp3) is 0.400. The summed E-state index contributed by atoms with van der Waals surface area (Å²) in [6.45, 7) is 1.32. The summed E-state index contributed by atoms with van der Waals surface area (Å²) >= 11 is 10.3. The van der Waals surface area contributed by atoms with Crippen LogP contribution in [0.15, 0.2) is 43.0 Å².